The molecule has 0 aliphatic heterocycles. The van der Waals surface area contributed by atoms with Crippen molar-refractivity contribution >= 4 is 51.0 Å². The second-order valence-corrected chi connectivity index (χ2v) is 11.7. The highest BCUT2D eigenvalue weighted by Gasteiger charge is 2.43. The highest BCUT2D eigenvalue weighted by atomic mass is 28.3. The number of para-hydroxylation sites is 1. The molecule has 0 bridgehead atoms. The minimum atomic E-state index is -2.63. The fraction of sp³-hybridized carbons (Fsp3) is 0. The van der Waals surface area contributed by atoms with Crippen molar-refractivity contribution in [3.63, 3.8) is 0 Å². The number of aromatic nitrogens is 1. The van der Waals surface area contributed by atoms with Crippen molar-refractivity contribution in [1.82, 2.24) is 4.98 Å². The molecular weight excluding hydrogens is 406 g/mol. The number of furan rings is 1. The van der Waals surface area contributed by atoms with Crippen LogP contribution in [0.3, 0.4) is 0 Å². The van der Waals surface area contributed by atoms with E-state index in [1.807, 2.05) is 18.2 Å². The highest BCUT2D eigenvalue weighted by Crippen LogP contribution is 2.26. The van der Waals surface area contributed by atoms with Gasteiger partial charge < -0.3 is 4.42 Å². The molecule has 0 unspecified atom stereocenters. The third kappa shape index (κ3) is 2.83. The molecule has 6 aromatic rings. The van der Waals surface area contributed by atoms with Gasteiger partial charge in [-0.2, -0.15) is 0 Å². The largest absolute Gasteiger partial charge is 0.454 e. The Labute approximate surface area is 187 Å². The van der Waals surface area contributed by atoms with Crippen molar-refractivity contribution in [2.75, 3.05) is 0 Å². The second kappa shape index (κ2) is 7.63. The molecule has 0 atom stereocenters. The first-order valence-corrected chi connectivity index (χ1v) is 12.8. The second-order valence-electron chi connectivity index (χ2n) is 7.99. The monoisotopic (exact) mass is 427 g/mol. The van der Waals surface area contributed by atoms with Crippen LogP contribution in [0, 0.1) is 0 Å². The number of pyridine rings is 1. The van der Waals surface area contributed by atoms with E-state index in [2.05, 4.69) is 109 Å². The Balaban J connectivity index is 1.76. The molecule has 32 heavy (non-hydrogen) atoms. The summed E-state index contributed by atoms with van der Waals surface area (Å²) in [6.07, 6.45) is 0. The minimum Gasteiger partial charge on any atom is -0.454 e. The van der Waals surface area contributed by atoms with E-state index < -0.39 is 8.07 Å². The first-order chi connectivity index (χ1) is 15.9. The van der Waals surface area contributed by atoms with E-state index in [1.54, 1.807) is 0 Å². The van der Waals surface area contributed by atoms with Gasteiger partial charge in [0.15, 0.2) is 5.58 Å². The van der Waals surface area contributed by atoms with Crippen LogP contribution in [-0.2, 0) is 0 Å². The van der Waals surface area contributed by atoms with E-state index in [0.717, 1.165) is 27.4 Å². The van der Waals surface area contributed by atoms with E-state index in [9.17, 15) is 0 Å². The summed E-state index contributed by atoms with van der Waals surface area (Å²) in [6.45, 7) is 0. The molecule has 0 spiro atoms. The van der Waals surface area contributed by atoms with Crippen LogP contribution in [-0.4, -0.2) is 13.1 Å². The van der Waals surface area contributed by atoms with Crippen LogP contribution >= 0.6 is 0 Å². The first-order valence-electron chi connectivity index (χ1n) is 10.8. The van der Waals surface area contributed by atoms with Gasteiger partial charge in [-0.1, -0.05) is 103 Å². The van der Waals surface area contributed by atoms with E-state index in [1.165, 1.54) is 15.6 Å². The van der Waals surface area contributed by atoms with Crippen molar-refractivity contribution in [2.45, 2.75) is 0 Å². The van der Waals surface area contributed by atoms with Gasteiger partial charge in [0.2, 0.25) is 8.07 Å². The van der Waals surface area contributed by atoms with Crippen LogP contribution < -0.4 is 20.9 Å². The lowest BCUT2D eigenvalue weighted by atomic mass is 10.2. The van der Waals surface area contributed by atoms with Crippen molar-refractivity contribution in [1.29, 1.82) is 0 Å². The van der Waals surface area contributed by atoms with Crippen LogP contribution in [0.15, 0.2) is 132 Å². The van der Waals surface area contributed by atoms with E-state index in [-0.39, 0.29) is 0 Å². The van der Waals surface area contributed by atoms with Gasteiger partial charge >= 0.3 is 0 Å². The number of benzene rings is 4. The molecule has 0 aliphatic carbocycles. The minimum absolute atomic E-state index is 0.826. The van der Waals surface area contributed by atoms with Gasteiger partial charge in [0.05, 0.1) is 0 Å². The summed E-state index contributed by atoms with van der Waals surface area (Å²) in [5.74, 6) is 0. The molecule has 2 nitrogen and oxygen atoms in total. The smallest absolute Gasteiger partial charge is 0.201 e. The lowest BCUT2D eigenvalue weighted by Crippen LogP contribution is -2.75. The average molecular weight is 428 g/mol. The van der Waals surface area contributed by atoms with Gasteiger partial charge in [0, 0.05) is 10.7 Å². The molecule has 6 rings (SSSR count). The van der Waals surface area contributed by atoms with Crippen molar-refractivity contribution in [3.05, 3.63) is 127 Å². The van der Waals surface area contributed by atoms with Crippen molar-refractivity contribution in [2.24, 2.45) is 0 Å². The van der Waals surface area contributed by atoms with Crippen LogP contribution in [0.1, 0.15) is 0 Å². The normalized spacial score (nSPS) is 11.8. The Kier molecular flexibility index (Phi) is 4.48. The quantitative estimate of drug-likeness (QED) is 0.309. The molecule has 0 fully saturated rings. The molecule has 0 amide bonds. The molecule has 3 heteroatoms. The number of fused-ring (bicyclic) bond motifs is 3. The Morgan fingerprint density at radius 2 is 0.969 bits per heavy atom. The predicted molar refractivity (Wildman–Crippen MR) is 135 cm³/mol. The molecule has 0 N–H and O–H groups in total. The van der Waals surface area contributed by atoms with Crippen LogP contribution in [0.5, 0.6) is 0 Å². The summed E-state index contributed by atoms with van der Waals surface area (Å²) in [6, 6.07) is 45.0. The Morgan fingerprint density at radius 1 is 0.469 bits per heavy atom. The highest BCUT2D eigenvalue weighted by molar-refractivity contribution is 7.19. The van der Waals surface area contributed by atoms with Gasteiger partial charge in [0.25, 0.3) is 0 Å². The SMILES string of the molecule is c1ccc([Si](c2ccccc2)(c2ccccc2)c2ccc3oc4ccccc4c3n2)cc1. The van der Waals surface area contributed by atoms with E-state index >= 15 is 0 Å². The summed E-state index contributed by atoms with van der Waals surface area (Å²) in [4.78, 5) is 5.33. The fourth-order valence-electron chi connectivity index (χ4n) is 4.81. The van der Waals surface area contributed by atoms with E-state index in [0.29, 0.717) is 0 Å². The third-order valence-corrected chi connectivity index (χ3v) is 10.9. The molecular formula is C29H21NOSi. The van der Waals surface area contributed by atoms with Crippen LogP contribution in [0.2, 0.25) is 0 Å². The Morgan fingerprint density at radius 3 is 1.53 bits per heavy atom. The molecule has 0 saturated heterocycles. The van der Waals surface area contributed by atoms with Crippen LogP contribution in [0.4, 0.5) is 0 Å². The lowest BCUT2D eigenvalue weighted by molar-refractivity contribution is 0.668. The first kappa shape index (κ1) is 18.8. The number of hydrogen-bond donors (Lipinski definition) is 0. The molecule has 2 heterocycles. The number of hydrogen-bond acceptors (Lipinski definition) is 2. The third-order valence-electron chi connectivity index (χ3n) is 6.22. The standard InChI is InChI=1S/C29H21NOSi/c1-4-12-22(13-5-1)32(23-14-6-2-7-15-23,24-16-8-3-9-17-24)28-21-20-27-29(30-28)25-18-10-11-19-26(25)31-27/h1-21H. The summed E-state index contributed by atoms with van der Waals surface area (Å²) < 4.78 is 6.09. The van der Waals surface area contributed by atoms with Gasteiger partial charge in [0.1, 0.15) is 11.1 Å². The predicted octanol–water partition coefficient (Wildman–Crippen LogP) is 4.36. The van der Waals surface area contributed by atoms with E-state index in [4.69, 9.17) is 9.40 Å². The van der Waals surface area contributed by atoms with Gasteiger partial charge in [-0.25, -0.2) is 0 Å². The molecule has 0 radical (unpaired) electrons. The zero-order valence-corrected chi connectivity index (χ0v) is 18.5. The maximum atomic E-state index is 6.09. The Hall–Kier alpha value is -3.95. The van der Waals surface area contributed by atoms with Gasteiger partial charge in [-0.3, -0.25) is 4.98 Å². The summed E-state index contributed by atoms with van der Waals surface area (Å²) in [5, 5.41) is 6.12. The van der Waals surface area contributed by atoms with Crippen molar-refractivity contribution < 1.29 is 4.42 Å². The fourth-order valence-corrected chi connectivity index (χ4v) is 9.39. The lowest BCUT2D eigenvalue weighted by Gasteiger charge is -2.33. The topological polar surface area (TPSA) is 26.0 Å². The molecule has 4 aromatic carbocycles. The number of rotatable bonds is 4. The molecule has 152 valence electrons. The Bertz CT molecular complexity index is 1410. The molecule has 0 aliphatic rings. The summed E-state index contributed by atoms with van der Waals surface area (Å²) >= 11 is 0. The maximum absolute atomic E-state index is 6.09. The van der Waals surface area contributed by atoms with Crippen LogP contribution in [0.25, 0.3) is 22.1 Å². The summed E-state index contributed by atoms with van der Waals surface area (Å²) in [7, 11) is -2.63. The van der Waals surface area contributed by atoms with Gasteiger partial charge in [-0.15, -0.1) is 0 Å². The zero-order valence-electron chi connectivity index (χ0n) is 17.5. The van der Waals surface area contributed by atoms with Gasteiger partial charge in [-0.05, 0) is 39.8 Å². The maximum Gasteiger partial charge on any atom is 0.201 e. The summed E-state index contributed by atoms with van der Waals surface area (Å²) in [5.41, 5.74) is 2.63. The number of nitrogens with zero attached hydrogens (tertiary/aromatic N) is 1. The molecule has 2 aromatic heterocycles. The van der Waals surface area contributed by atoms with Crippen molar-refractivity contribution in [3.8, 4) is 0 Å². The average Bonchev–Trinajstić information content (AvgIpc) is 3.25. The zero-order chi connectivity index (χ0) is 21.4. The molecule has 0 saturated carbocycles.